The van der Waals surface area contributed by atoms with Gasteiger partial charge in [0.1, 0.15) is 17.2 Å². The predicted octanol–water partition coefficient (Wildman–Crippen LogP) is 1.09. The Labute approximate surface area is 63.0 Å². The molecule has 0 saturated heterocycles. The highest BCUT2D eigenvalue weighted by Gasteiger charge is 2.03. The minimum Gasteiger partial charge on any atom is -0.508 e. The number of benzene rings is 1. The molecule has 0 aliphatic heterocycles. The zero-order valence-electron chi connectivity index (χ0n) is 4.94. The molecule has 0 amide bonds. The first-order valence-corrected chi connectivity index (χ1v) is 3.00. The minimum atomic E-state index is -0.235. The molecule has 1 rings (SSSR count). The van der Waals surface area contributed by atoms with Crippen molar-refractivity contribution in [2.45, 2.75) is 4.90 Å². The molecule has 0 aliphatic rings. The molecule has 4 heteroatoms. The third-order valence-corrected chi connectivity index (χ3v) is 1.51. The molecule has 3 nitrogen and oxygen atoms in total. The molecule has 3 N–H and O–H groups in total. The van der Waals surface area contributed by atoms with Gasteiger partial charge >= 0.3 is 0 Å². The van der Waals surface area contributed by atoms with Crippen molar-refractivity contribution in [2.75, 3.05) is 0 Å². The molecule has 0 fully saturated rings. The third kappa shape index (κ3) is 1.11. The van der Waals surface area contributed by atoms with Gasteiger partial charge in [-0.3, -0.25) is 0 Å². The number of thiol groups is 1. The lowest BCUT2D eigenvalue weighted by Crippen LogP contribution is -1.71. The first kappa shape index (κ1) is 7.08. The summed E-state index contributed by atoms with van der Waals surface area (Å²) in [6, 6.07) is 2.20. The Balaban J connectivity index is 3.31. The molecule has 0 spiro atoms. The van der Waals surface area contributed by atoms with E-state index >= 15 is 0 Å². The van der Waals surface area contributed by atoms with E-state index in [9.17, 15) is 0 Å². The first-order chi connectivity index (χ1) is 4.61. The summed E-state index contributed by atoms with van der Waals surface area (Å²) < 4.78 is 0. The lowest BCUT2D eigenvalue weighted by molar-refractivity contribution is 0.411. The van der Waals surface area contributed by atoms with Crippen molar-refractivity contribution in [1.29, 1.82) is 0 Å². The third-order valence-electron chi connectivity index (χ3n) is 1.05. The van der Waals surface area contributed by atoms with Gasteiger partial charge < -0.3 is 15.3 Å². The van der Waals surface area contributed by atoms with E-state index in [1.54, 1.807) is 0 Å². The second kappa shape index (κ2) is 2.30. The van der Waals surface area contributed by atoms with Crippen molar-refractivity contribution in [1.82, 2.24) is 0 Å². The zero-order chi connectivity index (χ0) is 7.72. The summed E-state index contributed by atoms with van der Waals surface area (Å²) in [5.74, 6) is -0.658. The van der Waals surface area contributed by atoms with Crippen LogP contribution in [0.25, 0.3) is 0 Å². The van der Waals surface area contributed by atoms with E-state index in [1.807, 2.05) is 0 Å². The summed E-state index contributed by atoms with van der Waals surface area (Å²) in [5.41, 5.74) is 0. The largest absolute Gasteiger partial charge is 0.508 e. The highest BCUT2D eigenvalue weighted by atomic mass is 32.1. The van der Waals surface area contributed by atoms with Gasteiger partial charge in [0.05, 0.1) is 4.90 Å². The Kier molecular flexibility index (Phi) is 1.63. The Morgan fingerprint density at radius 2 is 1.40 bits per heavy atom. The standard InChI is InChI=1S/C6H6O3S/c7-3-1-4(8)6(10)5(9)2-3/h1-2,7-10H. The fraction of sp³-hybridized carbons (Fsp3) is 0. The lowest BCUT2D eigenvalue weighted by atomic mass is 10.3. The van der Waals surface area contributed by atoms with Crippen LogP contribution < -0.4 is 0 Å². The van der Waals surface area contributed by atoms with Gasteiger partial charge in [-0.15, -0.1) is 12.6 Å². The lowest BCUT2D eigenvalue weighted by Gasteiger charge is -2.00. The molecule has 0 heterocycles. The number of hydrogen-bond acceptors (Lipinski definition) is 4. The van der Waals surface area contributed by atoms with Crippen LogP contribution in [-0.2, 0) is 0 Å². The Morgan fingerprint density at radius 1 is 1.00 bits per heavy atom. The van der Waals surface area contributed by atoms with Crippen LogP contribution in [0.3, 0.4) is 0 Å². The Morgan fingerprint density at radius 3 is 1.80 bits per heavy atom. The second-order valence-electron chi connectivity index (χ2n) is 1.83. The summed E-state index contributed by atoms with van der Waals surface area (Å²) in [6.07, 6.45) is 0. The van der Waals surface area contributed by atoms with Crippen LogP contribution in [-0.4, -0.2) is 15.3 Å². The van der Waals surface area contributed by atoms with E-state index in [1.165, 1.54) is 0 Å². The van der Waals surface area contributed by atoms with E-state index < -0.39 is 0 Å². The number of phenols is 3. The number of rotatable bonds is 0. The van der Waals surface area contributed by atoms with Crippen molar-refractivity contribution in [3.05, 3.63) is 12.1 Å². The summed E-state index contributed by atoms with van der Waals surface area (Å²) in [4.78, 5) is 0.0674. The van der Waals surface area contributed by atoms with Crippen LogP contribution in [0.15, 0.2) is 17.0 Å². The summed E-state index contributed by atoms with van der Waals surface area (Å²) in [5, 5.41) is 26.5. The van der Waals surface area contributed by atoms with Crippen molar-refractivity contribution < 1.29 is 15.3 Å². The summed E-state index contributed by atoms with van der Waals surface area (Å²) >= 11 is 3.75. The molecular formula is C6H6O3S. The van der Waals surface area contributed by atoms with Crippen LogP contribution in [0, 0.1) is 0 Å². The molecule has 0 atom stereocenters. The smallest absolute Gasteiger partial charge is 0.136 e. The first-order valence-electron chi connectivity index (χ1n) is 2.55. The van der Waals surface area contributed by atoms with Crippen molar-refractivity contribution in [3.63, 3.8) is 0 Å². The quantitative estimate of drug-likeness (QED) is 0.427. The Bertz CT molecular complexity index is 236. The Hall–Kier alpha value is -1.03. The van der Waals surface area contributed by atoms with Gasteiger partial charge in [0.2, 0.25) is 0 Å². The molecule has 0 saturated carbocycles. The number of phenolic OH excluding ortho intramolecular Hbond substituents is 3. The molecule has 1 aromatic rings. The molecule has 0 bridgehead atoms. The monoisotopic (exact) mass is 158 g/mol. The van der Waals surface area contributed by atoms with Crippen molar-refractivity contribution in [3.8, 4) is 17.2 Å². The maximum Gasteiger partial charge on any atom is 0.136 e. The van der Waals surface area contributed by atoms with E-state index in [0.717, 1.165) is 12.1 Å². The van der Waals surface area contributed by atoms with Crippen molar-refractivity contribution in [2.24, 2.45) is 0 Å². The van der Waals surface area contributed by atoms with Gasteiger partial charge in [-0.25, -0.2) is 0 Å². The summed E-state index contributed by atoms with van der Waals surface area (Å²) in [6.45, 7) is 0. The highest BCUT2D eigenvalue weighted by Crippen LogP contribution is 2.34. The van der Waals surface area contributed by atoms with Gasteiger partial charge in [0.25, 0.3) is 0 Å². The molecule has 54 valence electrons. The molecular weight excluding hydrogens is 152 g/mol. The molecule has 0 aliphatic carbocycles. The van der Waals surface area contributed by atoms with Crippen LogP contribution in [0.1, 0.15) is 0 Å². The van der Waals surface area contributed by atoms with Gasteiger partial charge in [-0.2, -0.15) is 0 Å². The normalized spacial score (nSPS) is 9.70. The topological polar surface area (TPSA) is 60.7 Å². The fourth-order valence-corrected chi connectivity index (χ4v) is 0.719. The summed E-state index contributed by atoms with van der Waals surface area (Å²) in [7, 11) is 0. The van der Waals surface area contributed by atoms with Gasteiger partial charge in [-0.05, 0) is 0 Å². The second-order valence-corrected chi connectivity index (χ2v) is 2.28. The fourth-order valence-electron chi connectivity index (χ4n) is 0.590. The molecule has 0 aromatic heterocycles. The molecule has 0 unspecified atom stereocenters. The van der Waals surface area contributed by atoms with Crippen LogP contribution >= 0.6 is 12.6 Å². The average Bonchev–Trinajstić information content (AvgIpc) is 1.82. The maximum atomic E-state index is 8.88. The van der Waals surface area contributed by atoms with Crippen LogP contribution in [0.2, 0.25) is 0 Å². The number of hydrogen-bond donors (Lipinski definition) is 4. The maximum absolute atomic E-state index is 8.88. The predicted molar refractivity (Wildman–Crippen MR) is 38.7 cm³/mol. The van der Waals surface area contributed by atoms with Gasteiger partial charge in [0, 0.05) is 12.1 Å². The van der Waals surface area contributed by atoms with Crippen LogP contribution in [0.5, 0.6) is 17.2 Å². The number of aromatic hydroxyl groups is 3. The van der Waals surface area contributed by atoms with Crippen LogP contribution in [0.4, 0.5) is 0 Å². The minimum absolute atomic E-state index is 0.0674. The van der Waals surface area contributed by atoms with E-state index in [4.69, 9.17) is 15.3 Å². The molecule has 1 aromatic carbocycles. The van der Waals surface area contributed by atoms with E-state index in [-0.39, 0.29) is 22.1 Å². The average molecular weight is 158 g/mol. The van der Waals surface area contributed by atoms with Gasteiger partial charge in [-0.1, -0.05) is 0 Å². The molecule has 10 heavy (non-hydrogen) atoms. The van der Waals surface area contributed by atoms with E-state index in [2.05, 4.69) is 12.6 Å². The van der Waals surface area contributed by atoms with E-state index in [0.29, 0.717) is 0 Å². The highest BCUT2D eigenvalue weighted by molar-refractivity contribution is 7.80. The van der Waals surface area contributed by atoms with Gasteiger partial charge in [0.15, 0.2) is 0 Å². The van der Waals surface area contributed by atoms with Crippen molar-refractivity contribution >= 4 is 12.6 Å². The SMILES string of the molecule is Oc1cc(O)c(S)c(O)c1. The zero-order valence-corrected chi connectivity index (χ0v) is 5.84. The molecule has 0 radical (unpaired) electrons.